The number of nitrogens with zero attached hydrogens (tertiary/aromatic N) is 3. The molecular weight excluding hydrogens is 442 g/mol. The number of hydrogen-bond donors (Lipinski definition) is 0. The van der Waals surface area contributed by atoms with Gasteiger partial charge in [-0.05, 0) is 74.9 Å². The summed E-state index contributed by atoms with van der Waals surface area (Å²) in [5, 5.41) is 0. The Bertz CT molecular complexity index is 1110. The average molecular weight is 478 g/mol. The van der Waals surface area contributed by atoms with E-state index in [0.29, 0.717) is 29.4 Å². The summed E-state index contributed by atoms with van der Waals surface area (Å²) in [5.74, 6) is 0.533. The zero-order valence-electron chi connectivity index (χ0n) is 21.3. The number of carbonyl (C=O) groups is 3. The number of benzene rings is 2. The summed E-state index contributed by atoms with van der Waals surface area (Å²) in [6.45, 7) is 11.2. The van der Waals surface area contributed by atoms with Crippen LogP contribution in [-0.4, -0.2) is 54.6 Å². The summed E-state index contributed by atoms with van der Waals surface area (Å²) in [7, 11) is 0. The molecule has 0 N–H and O–H groups in total. The van der Waals surface area contributed by atoms with E-state index < -0.39 is 6.09 Å². The Morgan fingerprint density at radius 3 is 2.26 bits per heavy atom. The van der Waals surface area contributed by atoms with E-state index >= 15 is 0 Å². The second-order valence-corrected chi connectivity index (χ2v) is 10.1. The molecule has 2 atom stereocenters. The second kappa shape index (κ2) is 10.1. The van der Waals surface area contributed by atoms with E-state index in [0.717, 1.165) is 30.6 Å². The van der Waals surface area contributed by atoms with Gasteiger partial charge >= 0.3 is 6.09 Å². The van der Waals surface area contributed by atoms with Gasteiger partial charge in [-0.1, -0.05) is 25.1 Å². The summed E-state index contributed by atoms with van der Waals surface area (Å²) in [6, 6.07) is 13.2. The lowest BCUT2D eigenvalue weighted by atomic mass is 9.98. The number of likely N-dealkylation sites (tertiary alicyclic amines) is 1. The molecule has 0 aromatic heterocycles. The van der Waals surface area contributed by atoms with Crippen molar-refractivity contribution in [1.82, 2.24) is 4.90 Å². The van der Waals surface area contributed by atoms with Gasteiger partial charge in [0.25, 0.3) is 5.91 Å². The smallest absolute Gasteiger partial charge is 0.414 e. The highest BCUT2D eigenvalue weighted by Crippen LogP contribution is 2.39. The molecule has 0 spiro atoms. The monoisotopic (exact) mass is 477 g/mol. The number of ether oxygens (including phenoxy) is 1. The number of anilines is 2. The van der Waals surface area contributed by atoms with Crippen molar-refractivity contribution in [3.8, 4) is 11.1 Å². The summed E-state index contributed by atoms with van der Waals surface area (Å²) < 4.78 is 5.48. The fourth-order valence-electron chi connectivity index (χ4n) is 5.08. The van der Waals surface area contributed by atoms with Crippen molar-refractivity contribution in [2.24, 2.45) is 5.92 Å². The van der Waals surface area contributed by atoms with Gasteiger partial charge in [0.1, 0.15) is 0 Å². The third-order valence-corrected chi connectivity index (χ3v) is 6.72. The van der Waals surface area contributed by atoms with Gasteiger partial charge in [0.05, 0.1) is 23.5 Å². The molecule has 7 heteroatoms. The minimum Gasteiger partial charge on any atom is -0.446 e. The van der Waals surface area contributed by atoms with Gasteiger partial charge < -0.3 is 14.5 Å². The highest BCUT2D eigenvalue weighted by Gasteiger charge is 2.35. The van der Waals surface area contributed by atoms with E-state index in [1.807, 2.05) is 68.1 Å². The van der Waals surface area contributed by atoms with Gasteiger partial charge in [-0.3, -0.25) is 14.5 Å². The summed E-state index contributed by atoms with van der Waals surface area (Å²) in [5.41, 5.74) is 3.84. The molecule has 186 valence electrons. The zero-order chi connectivity index (χ0) is 25.3. The van der Waals surface area contributed by atoms with E-state index in [2.05, 4.69) is 6.92 Å². The fraction of sp³-hybridized carbons (Fsp3) is 0.464. The number of carbonyl (C=O) groups excluding carboxylic acids is 3. The van der Waals surface area contributed by atoms with Crippen LogP contribution in [0, 0.1) is 5.92 Å². The molecule has 3 amide bonds. The van der Waals surface area contributed by atoms with Crippen LogP contribution in [0.1, 0.15) is 57.8 Å². The molecule has 2 aliphatic heterocycles. The van der Waals surface area contributed by atoms with Gasteiger partial charge in [0.2, 0.25) is 5.91 Å². The van der Waals surface area contributed by atoms with Crippen LogP contribution in [0.15, 0.2) is 42.5 Å². The topological polar surface area (TPSA) is 70.2 Å². The van der Waals surface area contributed by atoms with Crippen molar-refractivity contribution in [2.45, 2.75) is 59.6 Å². The molecule has 0 radical (unpaired) electrons. The Morgan fingerprint density at radius 1 is 0.943 bits per heavy atom. The van der Waals surface area contributed by atoms with Gasteiger partial charge in [-0.2, -0.15) is 0 Å². The first-order valence-electron chi connectivity index (χ1n) is 12.5. The predicted molar refractivity (Wildman–Crippen MR) is 138 cm³/mol. The lowest BCUT2D eigenvalue weighted by Gasteiger charge is -2.40. The molecule has 7 nitrogen and oxygen atoms in total. The highest BCUT2D eigenvalue weighted by molar-refractivity contribution is 6.03. The fourth-order valence-corrected chi connectivity index (χ4v) is 5.08. The average Bonchev–Trinajstić information content (AvgIpc) is 2.82. The quantitative estimate of drug-likeness (QED) is 0.599. The molecule has 0 saturated carbocycles. The Balaban J connectivity index is 1.64. The minimum atomic E-state index is -0.426. The maximum atomic E-state index is 13.0. The van der Waals surface area contributed by atoms with Gasteiger partial charge in [-0.25, -0.2) is 4.79 Å². The Morgan fingerprint density at radius 2 is 1.63 bits per heavy atom. The SMILES string of the molecule is CC(=O)N1c2ccc(-c3ccc(C(=O)N4CCCC(C)C4)cc3)cc2N(C(=O)OC(C)C)C[C@@H]1C. The largest absolute Gasteiger partial charge is 0.446 e. The van der Waals surface area contributed by atoms with E-state index in [4.69, 9.17) is 4.74 Å². The molecule has 1 unspecified atom stereocenters. The molecule has 1 saturated heterocycles. The number of piperidine rings is 1. The second-order valence-electron chi connectivity index (χ2n) is 10.1. The van der Waals surface area contributed by atoms with Crippen molar-refractivity contribution < 1.29 is 19.1 Å². The molecular formula is C28H35N3O4. The van der Waals surface area contributed by atoms with E-state index in [9.17, 15) is 14.4 Å². The maximum absolute atomic E-state index is 13.0. The highest BCUT2D eigenvalue weighted by atomic mass is 16.6. The van der Waals surface area contributed by atoms with Crippen LogP contribution in [0.25, 0.3) is 11.1 Å². The van der Waals surface area contributed by atoms with Crippen LogP contribution in [0.2, 0.25) is 0 Å². The number of fused-ring (bicyclic) bond motifs is 1. The first-order chi connectivity index (χ1) is 16.7. The first-order valence-corrected chi connectivity index (χ1v) is 12.5. The van der Waals surface area contributed by atoms with Crippen LogP contribution < -0.4 is 9.80 Å². The third-order valence-electron chi connectivity index (χ3n) is 6.72. The van der Waals surface area contributed by atoms with Crippen molar-refractivity contribution in [3.63, 3.8) is 0 Å². The van der Waals surface area contributed by atoms with E-state index in [1.165, 1.54) is 13.3 Å². The minimum absolute atomic E-state index is 0.0710. The number of rotatable bonds is 3. The molecule has 2 heterocycles. The third kappa shape index (κ3) is 5.19. The number of hydrogen-bond acceptors (Lipinski definition) is 4. The molecule has 2 aromatic rings. The number of amides is 3. The van der Waals surface area contributed by atoms with Crippen LogP contribution in [0.3, 0.4) is 0 Å². The first kappa shape index (κ1) is 24.8. The van der Waals surface area contributed by atoms with Crippen molar-refractivity contribution in [3.05, 3.63) is 48.0 Å². The lowest BCUT2D eigenvalue weighted by Crippen LogP contribution is -2.51. The molecule has 2 aliphatic rings. The molecule has 4 rings (SSSR count). The summed E-state index contributed by atoms with van der Waals surface area (Å²) in [6.07, 6.45) is 1.54. The van der Waals surface area contributed by atoms with Crippen molar-refractivity contribution >= 4 is 29.3 Å². The van der Waals surface area contributed by atoms with Gasteiger partial charge in [0.15, 0.2) is 0 Å². The lowest BCUT2D eigenvalue weighted by molar-refractivity contribution is -0.117. The molecule has 35 heavy (non-hydrogen) atoms. The molecule has 1 fully saturated rings. The van der Waals surface area contributed by atoms with Crippen LogP contribution in [-0.2, 0) is 9.53 Å². The molecule has 0 bridgehead atoms. The van der Waals surface area contributed by atoms with Crippen molar-refractivity contribution in [1.29, 1.82) is 0 Å². The van der Waals surface area contributed by atoms with Gasteiger partial charge in [-0.15, -0.1) is 0 Å². The van der Waals surface area contributed by atoms with Gasteiger partial charge in [0, 0.05) is 32.1 Å². The predicted octanol–water partition coefficient (Wildman–Crippen LogP) is 5.33. The molecule has 2 aromatic carbocycles. The van der Waals surface area contributed by atoms with Crippen LogP contribution in [0.5, 0.6) is 0 Å². The summed E-state index contributed by atoms with van der Waals surface area (Å²) in [4.78, 5) is 43.5. The Hall–Kier alpha value is -3.35. The normalized spacial score (nSPS) is 20.0. The maximum Gasteiger partial charge on any atom is 0.414 e. The Labute approximate surface area is 207 Å². The van der Waals surface area contributed by atoms with E-state index in [1.54, 1.807) is 9.80 Å². The van der Waals surface area contributed by atoms with E-state index in [-0.39, 0.29) is 24.0 Å². The standard InChI is InChI=1S/C28H35N3O4/c1-18(2)35-28(34)30-17-20(4)31(21(5)32)25-13-12-24(15-26(25)30)22-8-10-23(11-9-22)27(33)29-14-6-7-19(3)16-29/h8-13,15,18-20H,6-7,14,16-17H2,1-5H3/t19?,20-/m0/s1. The van der Waals surface area contributed by atoms with Crippen LogP contribution >= 0.6 is 0 Å². The van der Waals surface area contributed by atoms with Crippen molar-refractivity contribution in [2.75, 3.05) is 29.4 Å². The zero-order valence-corrected chi connectivity index (χ0v) is 21.3. The van der Waals surface area contributed by atoms with Crippen LogP contribution in [0.4, 0.5) is 16.2 Å². The Kier molecular flexibility index (Phi) is 7.15. The summed E-state index contributed by atoms with van der Waals surface area (Å²) >= 11 is 0. The molecule has 0 aliphatic carbocycles.